The SMILES string of the molecule is C=C(OCCOCCOCCNC(=O)OCc1ccc(NC(=O)[C@@H](CCCNC(N)=O)CC(=O)[C@H](NC(=O)CCCCCN2C(=O)CC(C(C)(C)C)C2=O)C(C)C)cc1)C(C)(C)C. The number of alkyl carbamates (subject to hydrolysis) is 1. The maximum absolute atomic E-state index is 13.7. The molecule has 1 saturated heterocycles. The summed E-state index contributed by atoms with van der Waals surface area (Å²) in [5.41, 5.74) is 5.93. The normalized spacial score (nSPS) is 15.1. The van der Waals surface area contributed by atoms with E-state index in [9.17, 15) is 33.6 Å². The van der Waals surface area contributed by atoms with Crippen molar-refractivity contribution in [2.24, 2.45) is 34.3 Å². The van der Waals surface area contributed by atoms with Gasteiger partial charge in [-0.1, -0.05) is 80.5 Å². The number of ketones is 1. The minimum absolute atomic E-state index is 0.0105. The van der Waals surface area contributed by atoms with Crippen molar-refractivity contribution < 1.29 is 52.5 Å². The molecule has 17 nitrogen and oxygen atoms in total. The van der Waals surface area contributed by atoms with E-state index in [1.165, 1.54) is 4.90 Å². The maximum atomic E-state index is 13.7. The third-order valence-electron chi connectivity index (χ3n) is 10.6. The zero-order valence-corrected chi connectivity index (χ0v) is 38.9. The maximum Gasteiger partial charge on any atom is 0.407 e. The van der Waals surface area contributed by atoms with Crippen molar-refractivity contribution in [2.75, 3.05) is 58.0 Å². The molecule has 0 aliphatic carbocycles. The van der Waals surface area contributed by atoms with Gasteiger partial charge in [-0.15, -0.1) is 0 Å². The molecule has 7 amide bonds. The van der Waals surface area contributed by atoms with E-state index < -0.39 is 30.0 Å². The number of nitrogens with zero attached hydrogens (tertiary/aromatic N) is 1. The van der Waals surface area contributed by atoms with E-state index in [1.807, 2.05) is 55.4 Å². The summed E-state index contributed by atoms with van der Waals surface area (Å²) in [5, 5.41) is 10.8. The lowest BCUT2D eigenvalue weighted by molar-refractivity contribution is -0.140. The molecule has 2 rings (SSSR count). The number of carbonyl (C=O) groups is 7. The number of carbonyl (C=O) groups excluding carboxylic acids is 7. The number of likely N-dealkylation sites (tertiary alicyclic amines) is 1. The fraction of sp³-hybridized carbons (Fsp3) is 0.674. The molecule has 3 atom stereocenters. The average Bonchev–Trinajstić information content (AvgIpc) is 3.49. The van der Waals surface area contributed by atoms with E-state index in [0.717, 1.165) is 0 Å². The minimum Gasteiger partial charge on any atom is -0.496 e. The van der Waals surface area contributed by atoms with Crippen molar-refractivity contribution in [2.45, 2.75) is 119 Å². The van der Waals surface area contributed by atoms with E-state index in [2.05, 4.69) is 27.8 Å². The topological polar surface area (TPSA) is 234 Å². The van der Waals surface area contributed by atoms with Crippen molar-refractivity contribution in [1.29, 1.82) is 0 Å². The molecule has 0 radical (unpaired) electrons. The highest BCUT2D eigenvalue weighted by atomic mass is 16.6. The molecule has 1 aromatic rings. The number of allylic oxidation sites excluding steroid dienone is 1. The van der Waals surface area contributed by atoms with Gasteiger partial charge in [-0.3, -0.25) is 28.9 Å². The molecule has 0 spiro atoms. The Morgan fingerprint density at radius 3 is 2.10 bits per heavy atom. The molecule has 1 unspecified atom stereocenters. The molecular weight excluding hydrogens is 813 g/mol. The summed E-state index contributed by atoms with van der Waals surface area (Å²) >= 11 is 0. The van der Waals surface area contributed by atoms with Crippen molar-refractivity contribution >= 4 is 47.2 Å². The number of nitrogens with two attached hydrogens (primary N) is 1. The first kappa shape index (κ1) is 54.1. The van der Waals surface area contributed by atoms with Gasteiger partial charge in [0, 0.05) is 55.9 Å². The molecular formula is C46H74N6O11. The molecule has 0 aromatic heterocycles. The predicted octanol–water partition coefficient (Wildman–Crippen LogP) is 5.61. The van der Waals surface area contributed by atoms with Gasteiger partial charge in [0.05, 0.1) is 44.1 Å². The lowest BCUT2D eigenvalue weighted by Gasteiger charge is -2.25. The first-order chi connectivity index (χ1) is 29.6. The van der Waals surface area contributed by atoms with Crippen molar-refractivity contribution in [3.63, 3.8) is 0 Å². The average molecular weight is 887 g/mol. The molecule has 6 N–H and O–H groups in total. The largest absolute Gasteiger partial charge is 0.496 e. The van der Waals surface area contributed by atoms with Gasteiger partial charge in [0.2, 0.25) is 23.6 Å². The Morgan fingerprint density at radius 1 is 0.841 bits per heavy atom. The molecule has 1 aliphatic heterocycles. The van der Waals surface area contributed by atoms with Gasteiger partial charge in [-0.05, 0) is 54.7 Å². The number of hydrogen-bond donors (Lipinski definition) is 5. The molecule has 0 bridgehead atoms. The Hall–Kier alpha value is -5.03. The predicted molar refractivity (Wildman–Crippen MR) is 239 cm³/mol. The lowest BCUT2D eigenvalue weighted by atomic mass is 9.80. The molecule has 1 fully saturated rings. The Labute approximate surface area is 373 Å². The number of benzene rings is 1. The molecule has 354 valence electrons. The van der Waals surface area contributed by atoms with Crippen LogP contribution >= 0.6 is 0 Å². The van der Waals surface area contributed by atoms with Crippen LogP contribution in [0.4, 0.5) is 15.3 Å². The summed E-state index contributed by atoms with van der Waals surface area (Å²) in [6.07, 6.45) is 1.97. The third kappa shape index (κ3) is 21.3. The van der Waals surface area contributed by atoms with Crippen molar-refractivity contribution in [3.05, 3.63) is 42.2 Å². The van der Waals surface area contributed by atoms with Crippen LogP contribution in [0.5, 0.6) is 0 Å². The number of anilines is 1. The van der Waals surface area contributed by atoms with Crippen LogP contribution in [-0.2, 0) is 49.5 Å². The second kappa shape index (κ2) is 27.2. The van der Waals surface area contributed by atoms with Gasteiger partial charge in [-0.2, -0.15) is 0 Å². The smallest absolute Gasteiger partial charge is 0.407 e. The Balaban J connectivity index is 1.80. The number of urea groups is 1. The fourth-order valence-electron chi connectivity index (χ4n) is 6.56. The van der Waals surface area contributed by atoms with Gasteiger partial charge in [-0.25, -0.2) is 9.59 Å². The highest BCUT2D eigenvalue weighted by molar-refractivity contribution is 6.04. The zero-order chi connectivity index (χ0) is 47.2. The standard InChI is InChI=1S/C46H74N6O11/c1-31(2)40(51-38(54)15-11-10-12-22-52-39(55)29-36(42(52)57)46(7,8)9)37(53)28-34(14-13-20-48-43(47)58)41(56)50-35-18-16-33(17-19-35)30-63-44(59)49-21-23-60-24-25-61-26-27-62-32(3)45(4,5)6/h16-19,31,34,36,40H,3,10-15,20-30H2,1-2,4-9H3,(H,49,59)(H,50,56)(H,51,54)(H3,47,48,58)/t34-,36?,40+/m0/s1. The van der Waals surface area contributed by atoms with Crippen LogP contribution in [0.15, 0.2) is 36.6 Å². The number of ether oxygens (including phenoxy) is 4. The Morgan fingerprint density at radius 2 is 1.49 bits per heavy atom. The molecule has 1 aromatic carbocycles. The first-order valence-corrected chi connectivity index (χ1v) is 22.1. The fourth-order valence-corrected chi connectivity index (χ4v) is 6.56. The van der Waals surface area contributed by atoms with Crippen molar-refractivity contribution in [1.82, 2.24) is 20.9 Å². The van der Waals surface area contributed by atoms with Crippen LogP contribution in [-0.4, -0.2) is 105 Å². The number of unbranched alkanes of at least 4 members (excludes halogenated alkanes) is 2. The number of nitrogens with one attached hydrogen (secondary N) is 4. The number of rotatable bonds is 29. The zero-order valence-electron chi connectivity index (χ0n) is 38.9. The van der Waals surface area contributed by atoms with Gasteiger partial charge in [0.15, 0.2) is 5.78 Å². The first-order valence-electron chi connectivity index (χ1n) is 22.1. The Bertz CT molecular complexity index is 1670. The van der Waals surface area contributed by atoms with Gasteiger partial charge < -0.3 is 45.9 Å². The summed E-state index contributed by atoms with van der Waals surface area (Å²) in [6.45, 7) is 22.1. The van der Waals surface area contributed by atoms with E-state index >= 15 is 0 Å². The number of Topliss-reactive ketones (excluding diaryl/α,β-unsaturated/α-hetero) is 1. The lowest BCUT2D eigenvalue weighted by Crippen LogP contribution is -2.45. The van der Waals surface area contributed by atoms with Crippen LogP contribution in [0.1, 0.15) is 112 Å². The van der Waals surface area contributed by atoms with E-state index in [4.69, 9.17) is 24.7 Å². The summed E-state index contributed by atoms with van der Waals surface area (Å²) in [7, 11) is 0. The van der Waals surface area contributed by atoms with Crippen molar-refractivity contribution in [3.8, 4) is 0 Å². The second-order valence-electron chi connectivity index (χ2n) is 18.3. The summed E-state index contributed by atoms with van der Waals surface area (Å²) in [5.74, 6) is -1.96. The third-order valence-corrected chi connectivity index (χ3v) is 10.6. The summed E-state index contributed by atoms with van der Waals surface area (Å²) in [6, 6.07) is 5.19. The molecule has 63 heavy (non-hydrogen) atoms. The molecule has 17 heteroatoms. The monoisotopic (exact) mass is 887 g/mol. The van der Waals surface area contributed by atoms with Crippen LogP contribution in [0, 0.1) is 28.6 Å². The highest BCUT2D eigenvalue weighted by Crippen LogP contribution is 2.35. The number of hydrogen-bond acceptors (Lipinski definition) is 11. The van der Waals surface area contributed by atoms with Gasteiger partial charge in [0.1, 0.15) is 13.2 Å². The van der Waals surface area contributed by atoms with Crippen LogP contribution in [0.2, 0.25) is 0 Å². The summed E-state index contributed by atoms with van der Waals surface area (Å²) in [4.78, 5) is 90.2. The van der Waals surface area contributed by atoms with Crippen LogP contribution in [0.3, 0.4) is 0 Å². The van der Waals surface area contributed by atoms with Gasteiger partial charge in [0.25, 0.3) is 0 Å². The number of primary amides is 1. The van der Waals surface area contributed by atoms with Crippen LogP contribution < -0.4 is 27.0 Å². The Kier molecular flexibility index (Phi) is 23.4. The second-order valence-corrected chi connectivity index (χ2v) is 18.3. The quantitative estimate of drug-likeness (QED) is 0.0377. The minimum atomic E-state index is -0.828. The van der Waals surface area contributed by atoms with E-state index in [-0.39, 0.29) is 98.2 Å². The molecule has 1 aliphatic rings. The molecule has 0 saturated carbocycles. The van der Waals surface area contributed by atoms with E-state index in [1.54, 1.807) is 24.3 Å². The number of imide groups is 1. The number of amides is 7. The van der Waals surface area contributed by atoms with E-state index in [0.29, 0.717) is 75.7 Å². The van der Waals surface area contributed by atoms with Gasteiger partial charge >= 0.3 is 12.1 Å². The summed E-state index contributed by atoms with van der Waals surface area (Å²) < 4.78 is 21.8. The van der Waals surface area contributed by atoms with Crippen LogP contribution in [0.25, 0.3) is 0 Å². The molecule has 1 heterocycles. The highest BCUT2D eigenvalue weighted by Gasteiger charge is 2.44.